The van der Waals surface area contributed by atoms with Crippen molar-refractivity contribution in [1.29, 1.82) is 0 Å². The maximum atomic E-state index is 6.16. The zero-order chi connectivity index (χ0) is 10.3. The third kappa shape index (κ3) is 1.44. The van der Waals surface area contributed by atoms with Gasteiger partial charge in [0.05, 0.1) is 5.69 Å². The Balaban J connectivity index is 2.45. The summed E-state index contributed by atoms with van der Waals surface area (Å²) in [7, 11) is 0. The van der Waals surface area contributed by atoms with E-state index in [4.69, 9.17) is 17.3 Å². The predicted molar refractivity (Wildman–Crippen MR) is 57.6 cm³/mol. The molecule has 0 bridgehead atoms. The van der Waals surface area contributed by atoms with E-state index in [1.807, 2.05) is 13.8 Å². The maximum absolute atomic E-state index is 6.16. The standard InChI is InChI=1S/C10H16ClN3/c1-6(12)8-4-3-5-14-9(11)7(2)13-10(8)14/h6,8H,3-5,12H2,1-2H3. The lowest BCUT2D eigenvalue weighted by atomic mass is 9.93. The molecular weight excluding hydrogens is 198 g/mol. The second-order valence-electron chi connectivity index (χ2n) is 4.11. The quantitative estimate of drug-likeness (QED) is 0.776. The molecule has 0 radical (unpaired) electrons. The summed E-state index contributed by atoms with van der Waals surface area (Å²) in [6, 6.07) is 0.159. The Morgan fingerprint density at radius 2 is 2.36 bits per heavy atom. The van der Waals surface area contributed by atoms with Crippen LogP contribution in [0.1, 0.15) is 37.2 Å². The SMILES string of the molecule is Cc1nc2n(c1Cl)CCCC2C(C)N. The van der Waals surface area contributed by atoms with E-state index < -0.39 is 0 Å². The van der Waals surface area contributed by atoms with Gasteiger partial charge in [0.25, 0.3) is 0 Å². The highest BCUT2D eigenvalue weighted by Gasteiger charge is 2.27. The molecule has 0 saturated carbocycles. The van der Waals surface area contributed by atoms with Crippen molar-refractivity contribution in [3.63, 3.8) is 0 Å². The van der Waals surface area contributed by atoms with Crippen LogP contribution in [0.25, 0.3) is 0 Å². The number of nitrogens with zero attached hydrogens (tertiary/aromatic N) is 2. The second-order valence-corrected chi connectivity index (χ2v) is 4.46. The Hall–Kier alpha value is -0.540. The van der Waals surface area contributed by atoms with Crippen molar-refractivity contribution < 1.29 is 0 Å². The predicted octanol–water partition coefficient (Wildman–Crippen LogP) is 2.07. The number of nitrogens with two attached hydrogens (primary N) is 1. The molecule has 1 aromatic heterocycles. The van der Waals surface area contributed by atoms with Crippen molar-refractivity contribution in [2.24, 2.45) is 5.73 Å². The Morgan fingerprint density at radius 1 is 1.64 bits per heavy atom. The Morgan fingerprint density at radius 3 is 3.00 bits per heavy atom. The van der Waals surface area contributed by atoms with E-state index in [1.54, 1.807) is 0 Å². The fraction of sp³-hybridized carbons (Fsp3) is 0.700. The zero-order valence-corrected chi connectivity index (χ0v) is 9.38. The fourth-order valence-electron chi connectivity index (χ4n) is 2.17. The highest BCUT2D eigenvalue weighted by atomic mass is 35.5. The van der Waals surface area contributed by atoms with E-state index in [-0.39, 0.29) is 6.04 Å². The average molecular weight is 214 g/mol. The van der Waals surface area contributed by atoms with Gasteiger partial charge >= 0.3 is 0 Å². The molecule has 3 nitrogen and oxygen atoms in total. The van der Waals surface area contributed by atoms with Crippen LogP contribution in [0.4, 0.5) is 0 Å². The number of hydrogen-bond acceptors (Lipinski definition) is 2. The number of fused-ring (bicyclic) bond motifs is 1. The summed E-state index contributed by atoms with van der Waals surface area (Å²) < 4.78 is 2.11. The first kappa shape index (κ1) is 9.99. The van der Waals surface area contributed by atoms with Gasteiger partial charge in [-0.15, -0.1) is 0 Å². The minimum absolute atomic E-state index is 0.159. The van der Waals surface area contributed by atoms with E-state index in [0.717, 1.165) is 36.1 Å². The number of aryl methyl sites for hydroxylation is 1. The Labute approximate surface area is 89.3 Å². The van der Waals surface area contributed by atoms with Crippen LogP contribution in [0.5, 0.6) is 0 Å². The van der Waals surface area contributed by atoms with Crippen LogP contribution in [-0.2, 0) is 6.54 Å². The number of aromatic nitrogens is 2. The molecule has 0 spiro atoms. The molecule has 0 fully saturated rings. The third-order valence-electron chi connectivity index (χ3n) is 2.96. The van der Waals surface area contributed by atoms with Crippen molar-refractivity contribution in [2.75, 3.05) is 0 Å². The van der Waals surface area contributed by atoms with Crippen LogP contribution in [0.3, 0.4) is 0 Å². The van der Waals surface area contributed by atoms with E-state index in [9.17, 15) is 0 Å². The van der Waals surface area contributed by atoms with Gasteiger partial charge < -0.3 is 10.3 Å². The van der Waals surface area contributed by atoms with Crippen molar-refractivity contribution in [3.05, 3.63) is 16.7 Å². The Bertz CT molecular complexity index is 343. The molecule has 4 heteroatoms. The van der Waals surface area contributed by atoms with Crippen molar-refractivity contribution in [1.82, 2.24) is 9.55 Å². The highest BCUT2D eigenvalue weighted by Crippen LogP contribution is 2.32. The van der Waals surface area contributed by atoms with Gasteiger partial charge in [0.1, 0.15) is 11.0 Å². The molecule has 0 aliphatic carbocycles. The number of rotatable bonds is 1. The number of imidazole rings is 1. The number of halogens is 1. The topological polar surface area (TPSA) is 43.8 Å². The molecule has 0 aromatic carbocycles. The smallest absolute Gasteiger partial charge is 0.131 e. The van der Waals surface area contributed by atoms with E-state index in [2.05, 4.69) is 9.55 Å². The van der Waals surface area contributed by atoms with Crippen LogP contribution in [-0.4, -0.2) is 15.6 Å². The van der Waals surface area contributed by atoms with Crippen molar-refractivity contribution in [3.8, 4) is 0 Å². The lowest BCUT2D eigenvalue weighted by molar-refractivity contribution is 0.403. The zero-order valence-electron chi connectivity index (χ0n) is 8.63. The van der Waals surface area contributed by atoms with Gasteiger partial charge in [-0.1, -0.05) is 11.6 Å². The maximum Gasteiger partial charge on any atom is 0.131 e. The first-order valence-electron chi connectivity index (χ1n) is 5.09. The van der Waals surface area contributed by atoms with Gasteiger partial charge in [0.2, 0.25) is 0 Å². The molecule has 2 atom stereocenters. The summed E-state index contributed by atoms with van der Waals surface area (Å²) in [5.74, 6) is 1.45. The molecule has 14 heavy (non-hydrogen) atoms. The van der Waals surface area contributed by atoms with Gasteiger partial charge in [-0.2, -0.15) is 0 Å². The highest BCUT2D eigenvalue weighted by molar-refractivity contribution is 6.30. The molecule has 0 saturated heterocycles. The van der Waals surface area contributed by atoms with Crippen LogP contribution in [0, 0.1) is 6.92 Å². The van der Waals surface area contributed by atoms with Crippen molar-refractivity contribution >= 4 is 11.6 Å². The molecule has 2 heterocycles. The lowest BCUT2D eigenvalue weighted by Gasteiger charge is -2.26. The minimum Gasteiger partial charge on any atom is -0.327 e. The van der Waals surface area contributed by atoms with E-state index >= 15 is 0 Å². The van der Waals surface area contributed by atoms with E-state index in [0.29, 0.717) is 5.92 Å². The molecule has 1 aromatic rings. The van der Waals surface area contributed by atoms with Gasteiger partial charge in [0.15, 0.2) is 0 Å². The molecule has 1 aliphatic heterocycles. The third-order valence-corrected chi connectivity index (χ3v) is 3.44. The number of hydrogen-bond donors (Lipinski definition) is 1. The Kier molecular flexibility index (Phi) is 2.54. The summed E-state index contributed by atoms with van der Waals surface area (Å²) in [6.07, 6.45) is 2.28. The summed E-state index contributed by atoms with van der Waals surface area (Å²) in [5, 5.41) is 0.783. The molecular formula is C10H16ClN3. The van der Waals surface area contributed by atoms with Crippen LogP contribution >= 0.6 is 11.6 Å². The van der Waals surface area contributed by atoms with E-state index in [1.165, 1.54) is 0 Å². The van der Waals surface area contributed by atoms with Crippen molar-refractivity contribution in [2.45, 2.75) is 45.2 Å². The lowest BCUT2D eigenvalue weighted by Crippen LogP contribution is -2.30. The summed E-state index contributed by atoms with van der Waals surface area (Å²) in [4.78, 5) is 4.50. The molecule has 2 N–H and O–H groups in total. The van der Waals surface area contributed by atoms with Crippen LogP contribution in [0.15, 0.2) is 0 Å². The first-order chi connectivity index (χ1) is 6.61. The minimum atomic E-state index is 0.159. The van der Waals surface area contributed by atoms with Gasteiger partial charge in [0, 0.05) is 18.5 Å². The van der Waals surface area contributed by atoms with Gasteiger partial charge in [-0.25, -0.2) is 4.98 Å². The molecule has 2 rings (SSSR count). The molecule has 1 aliphatic rings. The molecule has 78 valence electrons. The summed E-state index contributed by atoms with van der Waals surface area (Å²) in [6.45, 7) is 4.97. The monoisotopic (exact) mass is 213 g/mol. The first-order valence-corrected chi connectivity index (χ1v) is 5.47. The van der Waals surface area contributed by atoms with Gasteiger partial charge in [-0.05, 0) is 26.7 Å². The molecule has 2 unspecified atom stereocenters. The molecule has 0 amide bonds. The summed E-state index contributed by atoms with van der Waals surface area (Å²) >= 11 is 6.16. The fourth-order valence-corrected chi connectivity index (χ4v) is 2.38. The average Bonchev–Trinajstić information content (AvgIpc) is 2.43. The largest absolute Gasteiger partial charge is 0.327 e. The second kappa shape index (κ2) is 3.55. The van der Waals surface area contributed by atoms with Crippen LogP contribution in [0.2, 0.25) is 5.15 Å². The normalized spacial score (nSPS) is 23.3. The van der Waals surface area contributed by atoms with Gasteiger partial charge in [-0.3, -0.25) is 0 Å². The van der Waals surface area contributed by atoms with Crippen LogP contribution < -0.4 is 5.73 Å². The summed E-state index contributed by atoms with van der Waals surface area (Å²) in [5.41, 5.74) is 6.87.